The number of rotatable bonds is 7. The maximum Gasteiger partial charge on any atom is 0.462 e. The van der Waals surface area contributed by atoms with Crippen molar-refractivity contribution in [3.63, 3.8) is 0 Å². The zero-order valence-corrected chi connectivity index (χ0v) is 20.1. The summed E-state index contributed by atoms with van der Waals surface area (Å²) in [4.78, 5) is 6.85. The monoisotopic (exact) mass is 566 g/mol. The second-order valence-electron chi connectivity index (χ2n) is 8.17. The molecule has 3 nitrogen and oxygen atoms in total. The van der Waals surface area contributed by atoms with Gasteiger partial charge in [0.15, 0.2) is 29.1 Å². The summed E-state index contributed by atoms with van der Waals surface area (Å²) in [7, 11) is 0. The first-order chi connectivity index (χ1) is 18.9. The van der Waals surface area contributed by atoms with Crippen LogP contribution >= 0.6 is 0 Å². The molecule has 1 aromatic heterocycles. The molecule has 0 saturated heterocycles. The van der Waals surface area contributed by atoms with Crippen molar-refractivity contribution in [3.8, 4) is 28.0 Å². The van der Waals surface area contributed by atoms with E-state index in [0.717, 1.165) is 42.7 Å². The molecule has 0 fully saturated rings. The van der Waals surface area contributed by atoms with Crippen LogP contribution in [0, 0.1) is 29.1 Å². The Morgan fingerprint density at radius 1 is 0.750 bits per heavy atom. The van der Waals surface area contributed by atoms with E-state index in [-0.39, 0.29) is 39.9 Å². The van der Waals surface area contributed by atoms with Crippen molar-refractivity contribution < 1.29 is 44.3 Å². The molecule has 4 aromatic rings. The van der Waals surface area contributed by atoms with Crippen molar-refractivity contribution in [2.24, 2.45) is 0 Å². The molecule has 40 heavy (non-hydrogen) atoms. The molecule has 0 radical (unpaired) electrons. The van der Waals surface area contributed by atoms with Crippen molar-refractivity contribution in [2.75, 3.05) is 0 Å². The molecule has 1 heterocycles. The Bertz CT molecular complexity index is 1610. The van der Waals surface area contributed by atoms with Gasteiger partial charge in [0.05, 0.1) is 0 Å². The molecule has 0 atom stereocenters. The molecule has 0 bridgehead atoms. The van der Waals surface area contributed by atoms with Gasteiger partial charge in [-0.1, -0.05) is 30.3 Å². The molecule has 0 saturated carbocycles. The molecule has 206 valence electrons. The Labute approximate surface area is 220 Å². The Morgan fingerprint density at radius 2 is 1.32 bits per heavy atom. The Hall–Kier alpha value is -4.61. The van der Waals surface area contributed by atoms with Gasteiger partial charge in [0.2, 0.25) is 5.82 Å². The third kappa shape index (κ3) is 5.85. The topological polar surface area (TPSA) is 35.0 Å². The Kier molecular flexibility index (Phi) is 7.98. The fourth-order valence-corrected chi connectivity index (χ4v) is 3.56. The first kappa shape index (κ1) is 28.4. The fourth-order valence-electron chi connectivity index (χ4n) is 3.56. The van der Waals surface area contributed by atoms with E-state index in [0.29, 0.717) is 0 Å². The van der Waals surface area contributed by atoms with E-state index in [1.807, 2.05) is 0 Å². The maximum atomic E-state index is 14.9. The number of halogens is 9. The molecule has 0 N–H and O–H groups in total. The van der Waals surface area contributed by atoms with Crippen LogP contribution in [-0.2, 0) is 6.11 Å². The van der Waals surface area contributed by atoms with Crippen LogP contribution in [-0.4, -0.2) is 9.97 Å². The number of benzene rings is 3. The lowest BCUT2D eigenvalue weighted by molar-refractivity contribution is -0.192. The summed E-state index contributed by atoms with van der Waals surface area (Å²) in [6.07, 6.45) is -0.514. The molecule has 4 rings (SSSR count). The molecular weight excluding hydrogens is 551 g/mol. The van der Waals surface area contributed by atoms with E-state index in [1.54, 1.807) is 0 Å². The van der Waals surface area contributed by atoms with Gasteiger partial charge in [-0.05, 0) is 30.7 Å². The van der Waals surface area contributed by atoms with Gasteiger partial charge in [0.1, 0.15) is 17.4 Å². The van der Waals surface area contributed by atoms with E-state index < -0.39 is 58.4 Å². The average Bonchev–Trinajstić information content (AvgIpc) is 2.91. The van der Waals surface area contributed by atoms with Crippen molar-refractivity contribution in [3.05, 3.63) is 119 Å². The van der Waals surface area contributed by atoms with Gasteiger partial charge in [-0.25, -0.2) is 40.7 Å². The summed E-state index contributed by atoms with van der Waals surface area (Å²) in [6.45, 7) is 1.47. The summed E-state index contributed by atoms with van der Waals surface area (Å²) in [5, 5.41) is 0. The van der Waals surface area contributed by atoms with Crippen LogP contribution in [0.4, 0.5) is 39.5 Å². The van der Waals surface area contributed by atoms with Crippen LogP contribution in [0.1, 0.15) is 18.3 Å². The van der Waals surface area contributed by atoms with E-state index in [2.05, 4.69) is 14.7 Å². The molecule has 0 unspecified atom stereocenters. The number of aromatic nitrogens is 2. The summed E-state index contributed by atoms with van der Waals surface area (Å²) in [6, 6.07) is 6.86. The zero-order valence-electron chi connectivity index (χ0n) is 20.1. The smallest absolute Gasteiger partial charge is 0.426 e. The van der Waals surface area contributed by atoms with E-state index in [4.69, 9.17) is 0 Å². The van der Waals surface area contributed by atoms with Crippen LogP contribution < -0.4 is 4.74 Å². The molecule has 0 aliphatic heterocycles. The third-order valence-corrected chi connectivity index (χ3v) is 5.45. The molecule has 0 amide bonds. The lowest BCUT2D eigenvalue weighted by atomic mass is 9.99. The maximum absolute atomic E-state index is 14.9. The summed E-state index contributed by atoms with van der Waals surface area (Å²) in [5.74, 6) is -12.0. The first-order valence-electron chi connectivity index (χ1n) is 11.2. The SMILES string of the molecule is CC=CC(F)=C(F)c1ccc(-c2ccc(-c3cnc(C(F)(F)Oc4cc(F)c(F)c(F)c4)nc3)c(F)c2)c(F)c1. The lowest BCUT2D eigenvalue weighted by Crippen LogP contribution is -2.25. The highest BCUT2D eigenvalue weighted by molar-refractivity contribution is 5.73. The highest BCUT2D eigenvalue weighted by Crippen LogP contribution is 2.34. The lowest BCUT2D eigenvalue weighted by Gasteiger charge is -2.17. The highest BCUT2D eigenvalue weighted by atomic mass is 19.3. The largest absolute Gasteiger partial charge is 0.462 e. The minimum atomic E-state index is -4.30. The average molecular weight is 566 g/mol. The van der Waals surface area contributed by atoms with Crippen LogP contribution in [0.25, 0.3) is 28.1 Å². The predicted octanol–water partition coefficient (Wildman–Crippen LogP) is 8.82. The first-order valence-corrected chi connectivity index (χ1v) is 11.2. The van der Waals surface area contributed by atoms with Gasteiger partial charge >= 0.3 is 6.11 Å². The molecule has 0 aliphatic rings. The van der Waals surface area contributed by atoms with Gasteiger partial charge in [-0.15, -0.1) is 0 Å². The minimum Gasteiger partial charge on any atom is -0.426 e. The number of nitrogens with zero attached hydrogens (tertiary/aromatic N) is 2. The molecule has 12 heteroatoms. The van der Waals surface area contributed by atoms with Crippen LogP contribution in [0.2, 0.25) is 0 Å². The van der Waals surface area contributed by atoms with Gasteiger partial charge in [-0.2, -0.15) is 8.78 Å². The second-order valence-corrected chi connectivity index (χ2v) is 8.17. The number of ether oxygens (including phenoxy) is 1. The van der Waals surface area contributed by atoms with Gasteiger partial charge < -0.3 is 4.74 Å². The van der Waals surface area contributed by atoms with Crippen LogP contribution in [0.5, 0.6) is 5.75 Å². The highest BCUT2D eigenvalue weighted by Gasteiger charge is 2.39. The molecule has 0 spiro atoms. The van der Waals surface area contributed by atoms with Gasteiger partial charge in [0.25, 0.3) is 0 Å². The van der Waals surface area contributed by atoms with Gasteiger partial charge in [0, 0.05) is 46.8 Å². The molecular formula is C28H15F9N2O. The number of allylic oxidation sites excluding steroid dienone is 3. The number of hydrogen-bond acceptors (Lipinski definition) is 3. The zero-order chi connectivity index (χ0) is 29.2. The normalized spacial score (nSPS) is 12.6. The summed E-state index contributed by atoms with van der Waals surface area (Å²) in [5.41, 5.74) is -0.654. The van der Waals surface area contributed by atoms with Gasteiger partial charge in [-0.3, -0.25) is 0 Å². The Balaban J connectivity index is 1.57. The minimum absolute atomic E-state index is 0.0415. The Morgan fingerprint density at radius 3 is 1.90 bits per heavy atom. The van der Waals surface area contributed by atoms with E-state index in [9.17, 15) is 39.5 Å². The third-order valence-electron chi connectivity index (χ3n) is 5.45. The van der Waals surface area contributed by atoms with Crippen molar-refractivity contribution in [1.29, 1.82) is 0 Å². The van der Waals surface area contributed by atoms with Crippen LogP contribution in [0.3, 0.4) is 0 Å². The van der Waals surface area contributed by atoms with Crippen molar-refractivity contribution in [2.45, 2.75) is 13.0 Å². The summed E-state index contributed by atoms with van der Waals surface area (Å²) < 4.78 is 130. The standard InChI is InChI=1S/C28H15F9N2O/c1-2-3-20(29)25(34)15-5-7-18(22(31)9-15)14-4-6-19(21(30)8-14)16-12-38-27(39-13-16)28(36,37)40-17-10-23(32)26(35)24(33)11-17/h2-13H,1H3. The number of hydrogen-bond donors (Lipinski definition) is 0. The molecule has 3 aromatic carbocycles. The fraction of sp³-hybridized carbons (Fsp3) is 0.0714. The van der Waals surface area contributed by atoms with Crippen LogP contribution in [0.15, 0.2) is 78.9 Å². The second kappa shape index (κ2) is 11.2. The van der Waals surface area contributed by atoms with E-state index in [1.165, 1.54) is 25.1 Å². The molecule has 0 aliphatic carbocycles. The van der Waals surface area contributed by atoms with E-state index >= 15 is 0 Å². The summed E-state index contributed by atoms with van der Waals surface area (Å²) >= 11 is 0. The number of alkyl halides is 2. The predicted molar refractivity (Wildman–Crippen MR) is 128 cm³/mol. The van der Waals surface area contributed by atoms with Crippen molar-refractivity contribution >= 4 is 5.83 Å². The van der Waals surface area contributed by atoms with Crippen molar-refractivity contribution in [1.82, 2.24) is 9.97 Å². The quantitative estimate of drug-likeness (QED) is 0.127.